The summed E-state index contributed by atoms with van der Waals surface area (Å²) in [6.07, 6.45) is 3.38. The first-order chi connectivity index (χ1) is 8.75. The zero-order chi connectivity index (χ0) is 12.5. The molecule has 0 bridgehead atoms. The summed E-state index contributed by atoms with van der Waals surface area (Å²) < 4.78 is 0. The van der Waals surface area contributed by atoms with E-state index < -0.39 is 0 Å². The molecule has 0 aliphatic heterocycles. The molecule has 3 aromatic rings. The van der Waals surface area contributed by atoms with Gasteiger partial charge in [-0.2, -0.15) is 0 Å². The van der Waals surface area contributed by atoms with E-state index in [9.17, 15) is 0 Å². The minimum atomic E-state index is 0.244. The quantitative estimate of drug-likeness (QED) is 0.674. The van der Waals surface area contributed by atoms with Gasteiger partial charge in [-0.05, 0) is 12.1 Å². The smallest absolute Gasteiger partial charge is 0.166 e. The summed E-state index contributed by atoms with van der Waals surface area (Å²) in [6.45, 7) is 0. The lowest BCUT2D eigenvalue weighted by Crippen LogP contribution is -2.01. The van der Waals surface area contributed by atoms with E-state index in [4.69, 9.17) is 11.5 Å². The number of pyridine rings is 1. The fourth-order valence-corrected chi connectivity index (χ4v) is 1.87. The van der Waals surface area contributed by atoms with Crippen molar-refractivity contribution in [1.82, 2.24) is 15.0 Å². The van der Waals surface area contributed by atoms with Crippen LogP contribution >= 0.6 is 0 Å². The molecule has 4 N–H and O–H groups in total. The van der Waals surface area contributed by atoms with E-state index in [1.165, 1.54) is 0 Å². The molecule has 0 aliphatic rings. The second kappa shape index (κ2) is 3.96. The number of benzene rings is 1. The van der Waals surface area contributed by atoms with Gasteiger partial charge in [0, 0.05) is 17.1 Å². The Hall–Kier alpha value is -2.69. The molecule has 88 valence electrons. The standard InChI is InChI=1S/C13H11N5/c14-12-13(15)18-11(7-17-12)9-3-1-5-10-8(9)4-2-6-16-10/h1-7H,(H2,14,17)(H2,15,18). The highest BCUT2D eigenvalue weighted by Crippen LogP contribution is 2.26. The van der Waals surface area contributed by atoms with Crippen LogP contribution < -0.4 is 11.5 Å². The summed E-state index contributed by atoms with van der Waals surface area (Å²) in [6, 6.07) is 9.72. The molecule has 3 rings (SSSR count). The largest absolute Gasteiger partial charge is 0.381 e. The Labute approximate surface area is 104 Å². The van der Waals surface area contributed by atoms with Gasteiger partial charge in [0.1, 0.15) is 0 Å². The molecule has 0 radical (unpaired) electrons. The normalized spacial score (nSPS) is 10.7. The maximum absolute atomic E-state index is 5.69. The van der Waals surface area contributed by atoms with Crippen LogP contribution in [0.1, 0.15) is 0 Å². The van der Waals surface area contributed by atoms with Crippen molar-refractivity contribution in [2.45, 2.75) is 0 Å². The molecular formula is C13H11N5. The molecule has 2 heterocycles. The van der Waals surface area contributed by atoms with Crippen LogP contribution in [0.25, 0.3) is 22.2 Å². The predicted octanol–water partition coefficient (Wildman–Crippen LogP) is 1.86. The first kappa shape index (κ1) is 10.5. The van der Waals surface area contributed by atoms with Crippen LogP contribution in [0.4, 0.5) is 11.6 Å². The average molecular weight is 237 g/mol. The number of anilines is 2. The molecule has 0 saturated heterocycles. The van der Waals surface area contributed by atoms with Crippen molar-refractivity contribution in [1.29, 1.82) is 0 Å². The van der Waals surface area contributed by atoms with Gasteiger partial charge in [-0.25, -0.2) is 9.97 Å². The van der Waals surface area contributed by atoms with E-state index in [0.717, 1.165) is 16.5 Å². The molecule has 0 aliphatic carbocycles. The van der Waals surface area contributed by atoms with Crippen molar-refractivity contribution in [3.63, 3.8) is 0 Å². The van der Waals surface area contributed by atoms with Crippen molar-refractivity contribution in [3.8, 4) is 11.3 Å². The highest BCUT2D eigenvalue weighted by Gasteiger charge is 2.07. The fourth-order valence-electron chi connectivity index (χ4n) is 1.87. The third-order valence-electron chi connectivity index (χ3n) is 2.75. The maximum atomic E-state index is 5.69. The summed E-state index contributed by atoms with van der Waals surface area (Å²) in [5.41, 5.74) is 13.8. The molecule has 1 aromatic carbocycles. The number of nitrogens with two attached hydrogens (primary N) is 2. The number of hydrogen-bond donors (Lipinski definition) is 2. The minimum Gasteiger partial charge on any atom is -0.381 e. The Morgan fingerprint density at radius 3 is 2.61 bits per heavy atom. The van der Waals surface area contributed by atoms with Gasteiger partial charge in [0.05, 0.1) is 17.4 Å². The molecule has 2 aromatic heterocycles. The van der Waals surface area contributed by atoms with E-state index in [0.29, 0.717) is 5.69 Å². The number of nitrogen functional groups attached to an aromatic ring is 2. The summed E-state index contributed by atoms with van der Waals surface area (Å²) >= 11 is 0. The number of nitrogens with zero attached hydrogens (tertiary/aromatic N) is 3. The van der Waals surface area contributed by atoms with Crippen molar-refractivity contribution in [2.75, 3.05) is 11.5 Å². The van der Waals surface area contributed by atoms with Crippen LogP contribution in [-0.2, 0) is 0 Å². The summed E-state index contributed by atoms with van der Waals surface area (Å²) in [5.74, 6) is 0.491. The maximum Gasteiger partial charge on any atom is 0.166 e. The molecule has 18 heavy (non-hydrogen) atoms. The Morgan fingerprint density at radius 1 is 0.889 bits per heavy atom. The number of rotatable bonds is 1. The zero-order valence-electron chi connectivity index (χ0n) is 9.54. The van der Waals surface area contributed by atoms with E-state index in [2.05, 4.69) is 15.0 Å². The van der Waals surface area contributed by atoms with Crippen molar-refractivity contribution in [2.24, 2.45) is 0 Å². The Bertz CT molecular complexity index is 718. The summed E-state index contributed by atoms with van der Waals surface area (Å²) in [5, 5.41) is 1.01. The molecule has 0 spiro atoms. The van der Waals surface area contributed by atoms with Gasteiger partial charge in [0.25, 0.3) is 0 Å². The topological polar surface area (TPSA) is 90.7 Å². The second-order valence-corrected chi connectivity index (χ2v) is 3.90. The number of fused-ring (bicyclic) bond motifs is 1. The van der Waals surface area contributed by atoms with Crippen LogP contribution in [0, 0.1) is 0 Å². The summed E-state index contributed by atoms with van der Waals surface area (Å²) in [7, 11) is 0. The molecule has 5 nitrogen and oxygen atoms in total. The monoisotopic (exact) mass is 237 g/mol. The van der Waals surface area contributed by atoms with Gasteiger partial charge in [-0.1, -0.05) is 18.2 Å². The van der Waals surface area contributed by atoms with Gasteiger partial charge in [-0.15, -0.1) is 0 Å². The Kier molecular flexibility index (Phi) is 2.30. The van der Waals surface area contributed by atoms with E-state index in [1.54, 1.807) is 12.4 Å². The molecule has 5 heteroatoms. The van der Waals surface area contributed by atoms with Gasteiger partial charge in [0.15, 0.2) is 11.6 Å². The highest BCUT2D eigenvalue weighted by molar-refractivity contribution is 5.93. The van der Waals surface area contributed by atoms with E-state index in [1.807, 2.05) is 30.3 Å². The van der Waals surface area contributed by atoms with Gasteiger partial charge >= 0.3 is 0 Å². The highest BCUT2D eigenvalue weighted by atomic mass is 15.0. The van der Waals surface area contributed by atoms with Crippen LogP contribution in [0.15, 0.2) is 42.7 Å². The Balaban J connectivity index is 2.28. The van der Waals surface area contributed by atoms with E-state index in [-0.39, 0.29) is 11.6 Å². The third-order valence-corrected chi connectivity index (χ3v) is 2.75. The molecule has 0 saturated carbocycles. The lowest BCUT2D eigenvalue weighted by molar-refractivity contribution is 1.23. The average Bonchev–Trinajstić information content (AvgIpc) is 2.41. The number of hydrogen-bond acceptors (Lipinski definition) is 5. The molecule has 0 atom stereocenters. The Morgan fingerprint density at radius 2 is 1.78 bits per heavy atom. The van der Waals surface area contributed by atoms with Crippen LogP contribution in [0.3, 0.4) is 0 Å². The number of aromatic nitrogens is 3. The first-order valence-electron chi connectivity index (χ1n) is 5.48. The van der Waals surface area contributed by atoms with Gasteiger partial charge in [0.2, 0.25) is 0 Å². The lowest BCUT2D eigenvalue weighted by Gasteiger charge is -2.06. The first-order valence-corrected chi connectivity index (χ1v) is 5.48. The van der Waals surface area contributed by atoms with Crippen molar-refractivity contribution < 1.29 is 0 Å². The van der Waals surface area contributed by atoms with Gasteiger partial charge < -0.3 is 11.5 Å². The van der Waals surface area contributed by atoms with Crippen LogP contribution in [0.2, 0.25) is 0 Å². The minimum absolute atomic E-state index is 0.244. The molecular weight excluding hydrogens is 226 g/mol. The lowest BCUT2D eigenvalue weighted by atomic mass is 10.1. The fraction of sp³-hybridized carbons (Fsp3) is 0. The summed E-state index contributed by atoms with van der Waals surface area (Å²) in [4.78, 5) is 12.6. The third kappa shape index (κ3) is 1.62. The van der Waals surface area contributed by atoms with Crippen LogP contribution in [0.5, 0.6) is 0 Å². The predicted molar refractivity (Wildman–Crippen MR) is 71.6 cm³/mol. The SMILES string of the molecule is Nc1ncc(-c2cccc3ncccc23)nc1N. The molecule has 0 unspecified atom stereocenters. The van der Waals surface area contributed by atoms with Gasteiger partial charge in [-0.3, -0.25) is 4.98 Å². The van der Waals surface area contributed by atoms with Crippen molar-refractivity contribution in [3.05, 3.63) is 42.7 Å². The van der Waals surface area contributed by atoms with E-state index >= 15 is 0 Å². The zero-order valence-corrected chi connectivity index (χ0v) is 9.54. The second-order valence-electron chi connectivity index (χ2n) is 3.90. The molecule has 0 fully saturated rings. The van der Waals surface area contributed by atoms with Crippen LogP contribution in [-0.4, -0.2) is 15.0 Å². The van der Waals surface area contributed by atoms with Crippen molar-refractivity contribution >= 4 is 22.5 Å². The molecule has 0 amide bonds.